The Morgan fingerprint density at radius 3 is 3.00 bits per heavy atom. The number of anilines is 1. The molecule has 3 rings (SSSR count). The average Bonchev–Trinajstić information content (AvgIpc) is 3.11. The van der Waals surface area contributed by atoms with E-state index in [1.165, 1.54) is 12.1 Å². The number of non-ortho nitro benzene ring substituents is 1. The summed E-state index contributed by atoms with van der Waals surface area (Å²) in [5, 5.41) is 16.7. The monoisotopic (exact) mass is 346 g/mol. The Kier molecular flexibility index (Phi) is 4.75. The number of hydrogen-bond acceptors (Lipinski definition) is 5. The number of thiazole rings is 1. The zero-order valence-corrected chi connectivity index (χ0v) is 14.1. The van der Waals surface area contributed by atoms with E-state index in [1.54, 1.807) is 35.4 Å². The molecule has 0 radical (unpaired) electrons. The van der Waals surface area contributed by atoms with Gasteiger partial charge in [0.1, 0.15) is 0 Å². The summed E-state index contributed by atoms with van der Waals surface area (Å²) >= 11 is 1.62. The van der Waals surface area contributed by atoms with Crippen LogP contribution in [0.15, 0.2) is 29.8 Å². The predicted octanol–water partition coefficient (Wildman–Crippen LogP) is 3.77. The van der Waals surface area contributed by atoms with Gasteiger partial charge in [-0.15, -0.1) is 11.3 Å². The number of carbonyl (C=O) groups excluding carboxylic acids is 1. The SMILES string of the molecule is Cc1cc([N+](=O)[O-])ccc1NC(=O)N1CCC[C@H](c2nccs2)C1. The molecule has 2 heterocycles. The molecule has 0 unspecified atom stereocenters. The van der Waals surface area contributed by atoms with Crippen molar-refractivity contribution in [1.29, 1.82) is 0 Å². The number of aryl methyl sites for hydroxylation is 1. The van der Waals surface area contributed by atoms with Crippen LogP contribution in [0.3, 0.4) is 0 Å². The first kappa shape index (κ1) is 16.4. The Bertz CT molecular complexity index is 748. The third-order valence-corrected chi connectivity index (χ3v) is 5.11. The molecule has 126 valence electrons. The standard InChI is InChI=1S/C16H18N4O3S/c1-11-9-13(20(22)23)4-5-14(11)18-16(21)19-7-2-3-12(10-19)15-17-6-8-24-15/h4-6,8-9,12H,2-3,7,10H2,1H3,(H,18,21)/t12-/m0/s1. The zero-order valence-electron chi connectivity index (χ0n) is 13.3. The van der Waals surface area contributed by atoms with Gasteiger partial charge in [0, 0.05) is 48.4 Å². The quantitative estimate of drug-likeness (QED) is 0.677. The number of aromatic nitrogens is 1. The van der Waals surface area contributed by atoms with Crippen LogP contribution < -0.4 is 5.32 Å². The molecule has 1 aromatic heterocycles. The van der Waals surface area contributed by atoms with Gasteiger partial charge in [0.15, 0.2) is 0 Å². The van der Waals surface area contributed by atoms with Crippen LogP contribution in [0, 0.1) is 17.0 Å². The number of benzene rings is 1. The highest BCUT2D eigenvalue weighted by molar-refractivity contribution is 7.09. The Balaban J connectivity index is 1.67. The van der Waals surface area contributed by atoms with Gasteiger partial charge in [0.05, 0.1) is 9.93 Å². The van der Waals surface area contributed by atoms with Gasteiger partial charge in [-0.05, 0) is 31.4 Å². The van der Waals surface area contributed by atoms with Gasteiger partial charge in [0.25, 0.3) is 5.69 Å². The van der Waals surface area contributed by atoms with Gasteiger partial charge in [-0.1, -0.05) is 0 Å². The number of hydrogen-bond donors (Lipinski definition) is 1. The third kappa shape index (κ3) is 3.53. The number of likely N-dealkylation sites (tertiary alicyclic amines) is 1. The van der Waals surface area contributed by atoms with Crippen molar-refractivity contribution in [2.45, 2.75) is 25.7 Å². The minimum atomic E-state index is -0.443. The summed E-state index contributed by atoms with van der Waals surface area (Å²) in [7, 11) is 0. The molecule has 1 aliphatic heterocycles. The lowest BCUT2D eigenvalue weighted by Gasteiger charge is -2.32. The molecule has 24 heavy (non-hydrogen) atoms. The molecule has 1 saturated heterocycles. The van der Waals surface area contributed by atoms with E-state index in [9.17, 15) is 14.9 Å². The van der Waals surface area contributed by atoms with Crippen molar-refractivity contribution in [2.24, 2.45) is 0 Å². The highest BCUT2D eigenvalue weighted by atomic mass is 32.1. The average molecular weight is 346 g/mol. The molecule has 0 aliphatic carbocycles. The molecule has 1 N–H and O–H groups in total. The minimum absolute atomic E-state index is 0.0207. The van der Waals surface area contributed by atoms with Crippen molar-refractivity contribution in [3.63, 3.8) is 0 Å². The number of nitro groups is 1. The van der Waals surface area contributed by atoms with E-state index in [-0.39, 0.29) is 17.6 Å². The molecule has 2 aromatic rings. The lowest BCUT2D eigenvalue weighted by molar-refractivity contribution is -0.384. The van der Waals surface area contributed by atoms with Crippen LogP contribution in [-0.2, 0) is 0 Å². The van der Waals surface area contributed by atoms with E-state index in [4.69, 9.17) is 0 Å². The number of rotatable bonds is 3. The van der Waals surface area contributed by atoms with Crippen molar-refractivity contribution in [2.75, 3.05) is 18.4 Å². The van der Waals surface area contributed by atoms with Gasteiger partial charge < -0.3 is 10.2 Å². The summed E-state index contributed by atoms with van der Waals surface area (Å²) in [5.74, 6) is 0.280. The second kappa shape index (κ2) is 6.96. The zero-order chi connectivity index (χ0) is 17.1. The lowest BCUT2D eigenvalue weighted by atomic mass is 9.99. The normalized spacial score (nSPS) is 17.5. The first-order valence-corrected chi connectivity index (χ1v) is 8.63. The van der Waals surface area contributed by atoms with Crippen LogP contribution in [0.25, 0.3) is 0 Å². The van der Waals surface area contributed by atoms with Gasteiger partial charge in [-0.25, -0.2) is 9.78 Å². The lowest BCUT2D eigenvalue weighted by Crippen LogP contribution is -2.41. The van der Waals surface area contributed by atoms with Crippen LogP contribution in [0.2, 0.25) is 0 Å². The van der Waals surface area contributed by atoms with E-state index in [0.29, 0.717) is 24.3 Å². The van der Waals surface area contributed by atoms with Crippen LogP contribution in [0.5, 0.6) is 0 Å². The van der Waals surface area contributed by atoms with Crippen LogP contribution >= 0.6 is 11.3 Å². The first-order chi connectivity index (χ1) is 11.5. The van der Waals surface area contributed by atoms with Crippen molar-refractivity contribution in [3.05, 3.63) is 50.5 Å². The molecule has 1 fully saturated rings. The molecule has 7 nitrogen and oxygen atoms in total. The molecule has 8 heteroatoms. The number of nitrogens with one attached hydrogen (secondary N) is 1. The topological polar surface area (TPSA) is 88.4 Å². The van der Waals surface area contributed by atoms with Gasteiger partial charge in [0.2, 0.25) is 0 Å². The summed E-state index contributed by atoms with van der Waals surface area (Å²) in [4.78, 5) is 29.0. The maximum atomic E-state index is 12.5. The van der Waals surface area contributed by atoms with Gasteiger partial charge in [-0.3, -0.25) is 10.1 Å². The fourth-order valence-corrected chi connectivity index (χ4v) is 3.66. The number of urea groups is 1. The fraction of sp³-hybridized carbons (Fsp3) is 0.375. The number of nitro benzene ring substituents is 1. The Labute approximate surface area is 143 Å². The van der Waals surface area contributed by atoms with E-state index in [2.05, 4.69) is 10.3 Å². The second-order valence-electron chi connectivity index (χ2n) is 5.84. The number of piperidine rings is 1. The summed E-state index contributed by atoms with van der Waals surface area (Å²) in [6, 6.07) is 4.27. The molecule has 2 amide bonds. The van der Waals surface area contributed by atoms with Crippen LogP contribution in [-0.4, -0.2) is 33.9 Å². The summed E-state index contributed by atoms with van der Waals surface area (Å²) < 4.78 is 0. The van der Waals surface area contributed by atoms with E-state index < -0.39 is 4.92 Å². The molecular weight excluding hydrogens is 328 g/mol. The molecule has 1 aromatic carbocycles. The predicted molar refractivity (Wildman–Crippen MR) is 92.5 cm³/mol. The van der Waals surface area contributed by atoms with Gasteiger partial charge in [-0.2, -0.15) is 0 Å². The Morgan fingerprint density at radius 1 is 1.50 bits per heavy atom. The molecular formula is C16H18N4O3S. The molecule has 0 spiro atoms. The highest BCUT2D eigenvalue weighted by Gasteiger charge is 2.26. The molecule has 0 bridgehead atoms. The van der Waals surface area contributed by atoms with E-state index >= 15 is 0 Å². The molecule has 1 atom stereocenters. The van der Waals surface area contributed by atoms with E-state index in [0.717, 1.165) is 17.8 Å². The van der Waals surface area contributed by atoms with Crippen LogP contribution in [0.4, 0.5) is 16.2 Å². The van der Waals surface area contributed by atoms with Crippen LogP contribution in [0.1, 0.15) is 29.3 Å². The van der Waals surface area contributed by atoms with E-state index in [1.807, 2.05) is 5.38 Å². The fourth-order valence-electron chi connectivity index (χ4n) is 2.90. The minimum Gasteiger partial charge on any atom is -0.324 e. The second-order valence-corrected chi connectivity index (χ2v) is 6.77. The summed E-state index contributed by atoms with van der Waals surface area (Å²) in [6.45, 7) is 3.10. The molecule has 1 aliphatic rings. The van der Waals surface area contributed by atoms with Crippen molar-refractivity contribution in [1.82, 2.24) is 9.88 Å². The molecule has 0 saturated carbocycles. The number of carbonyl (C=O) groups is 1. The maximum Gasteiger partial charge on any atom is 0.321 e. The smallest absolute Gasteiger partial charge is 0.321 e. The highest BCUT2D eigenvalue weighted by Crippen LogP contribution is 2.29. The maximum absolute atomic E-state index is 12.5. The Hall–Kier alpha value is -2.48. The summed E-state index contributed by atoms with van der Waals surface area (Å²) in [6.07, 6.45) is 3.77. The van der Waals surface area contributed by atoms with Crippen molar-refractivity contribution < 1.29 is 9.72 Å². The number of nitrogens with zero attached hydrogens (tertiary/aromatic N) is 3. The third-order valence-electron chi connectivity index (χ3n) is 4.17. The number of amides is 2. The Morgan fingerprint density at radius 2 is 2.33 bits per heavy atom. The first-order valence-electron chi connectivity index (χ1n) is 7.75. The summed E-state index contributed by atoms with van der Waals surface area (Å²) in [5.41, 5.74) is 1.29. The van der Waals surface area contributed by atoms with Crippen molar-refractivity contribution in [3.8, 4) is 0 Å². The van der Waals surface area contributed by atoms with Gasteiger partial charge >= 0.3 is 6.03 Å². The largest absolute Gasteiger partial charge is 0.324 e. The van der Waals surface area contributed by atoms with Crippen molar-refractivity contribution >= 4 is 28.7 Å².